The minimum atomic E-state index is 0.759. The number of hydrogen-bond acceptors (Lipinski definition) is 3. The van der Waals surface area contributed by atoms with Gasteiger partial charge in [-0.25, -0.2) is 0 Å². The Bertz CT molecular complexity index is 339. The molecule has 0 amide bonds. The highest BCUT2D eigenvalue weighted by atomic mass is 16.5. The molecule has 0 fully saturated rings. The molecule has 0 aliphatic rings. The van der Waals surface area contributed by atoms with Crippen molar-refractivity contribution in [1.82, 2.24) is 5.32 Å². The van der Waals surface area contributed by atoms with Crippen LogP contribution in [0.4, 0.5) is 5.69 Å². The third-order valence-corrected chi connectivity index (χ3v) is 2.88. The second-order valence-electron chi connectivity index (χ2n) is 4.32. The molecule has 0 saturated carbocycles. The van der Waals surface area contributed by atoms with Crippen LogP contribution in [-0.2, 0) is 11.3 Å². The van der Waals surface area contributed by atoms with Gasteiger partial charge in [-0.2, -0.15) is 0 Å². The molecule has 96 valence electrons. The van der Waals surface area contributed by atoms with Crippen LogP contribution in [0.1, 0.15) is 18.1 Å². The van der Waals surface area contributed by atoms with E-state index in [2.05, 4.69) is 49.3 Å². The number of rotatable bonds is 7. The normalized spacial score (nSPS) is 10.6. The lowest BCUT2D eigenvalue weighted by Crippen LogP contribution is -2.23. The number of likely N-dealkylation sites (N-methyl/N-ethyl adjacent to an activating group) is 1. The number of anilines is 1. The van der Waals surface area contributed by atoms with Crippen molar-refractivity contribution in [3.8, 4) is 0 Å². The van der Waals surface area contributed by atoms with E-state index >= 15 is 0 Å². The van der Waals surface area contributed by atoms with Crippen molar-refractivity contribution in [3.05, 3.63) is 29.3 Å². The predicted molar refractivity (Wildman–Crippen MR) is 73.7 cm³/mol. The van der Waals surface area contributed by atoms with Crippen LogP contribution in [0.2, 0.25) is 0 Å². The van der Waals surface area contributed by atoms with Crippen molar-refractivity contribution in [2.75, 3.05) is 38.8 Å². The smallest absolute Gasteiger partial charge is 0.0637 e. The van der Waals surface area contributed by atoms with Crippen LogP contribution in [0.3, 0.4) is 0 Å². The molecule has 1 aromatic carbocycles. The molecule has 0 aromatic heterocycles. The molecular formula is C14H24N2O. The fourth-order valence-corrected chi connectivity index (χ4v) is 1.87. The molecule has 0 atom stereocenters. The van der Waals surface area contributed by atoms with Gasteiger partial charge in [-0.05, 0) is 30.7 Å². The lowest BCUT2D eigenvalue weighted by molar-refractivity contribution is 0.206. The molecular weight excluding hydrogens is 212 g/mol. The molecule has 0 aliphatic heterocycles. The maximum absolute atomic E-state index is 5.10. The van der Waals surface area contributed by atoms with Crippen LogP contribution in [0.15, 0.2) is 18.2 Å². The quantitative estimate of drug-likeness (QED) is 0.785. The summed E-state index contributed by atoms with van der Waals surface area (Å²) in [6, 6.07) is 6.63. The maximum atomic E-state index is 5.10. The van der Waals surface area contributed by atoms with Gasteiger partial charge in [0.25, 0.3) is 0 Å². The highest BCUT2D eigenvalue weighted by Crippen LogP contribution is 2.19. The van der Waals surface area contributed by atoms with Gasteiger partial charge in [0, 0.05) is 32.9 Å². The van der Waals surface area contributed by atoms with E-state index < -0.39 is 0 Å². The van der Waals surface area contributed by atoms with Crippen LogP contribution in [0, 0.1) is 6.92 Å². The number of methoxy groups -OCH3 is 1. The number of aryl methyl sites for hydroxylation is 1. The minimum absolute atomic E-state index is 0.759. The van der Waals surface area contributed by atoms with Crippen LogP contribution in [-0.4, -0.2) is 33.9 Å². The van der Waals surface area contributed by atoms with Crippen molar-refractivity contribution in [3.63, 3.8) is 0 Å². The Kier molecular flexibility index (Phi) is 6.01. The third-order valence-electron chi connectivity index (χ3n) is 2.88. The van der Waals surface area contributed by atoms with Crippen molar-refractivity contribution in [2.24, 2.45) is 0 Å². The molecule has 1 N–H and O–H groups in total. The summed E-state index contributed by atoms with van der Waals surface area (Å²) in [6.45, 7) is 7.92. The Balaban J connectivity index is 2.68. The molecule has 0 aliphatic carbocycles. The zero-order valence-electron chi connectivity index (χ0n) is 11.4. The van der Waals surface area contributed by atoms with E-state index in [1.165, 1.54) is 16.8 Å². The Morgan fingerprint density at radius 3 is 2.71 bits per heavy atom. The van der Waals surface area contributed by atoms with E-state index in [1.54, 1.807) is 7.11 Å². The van der Waals surface area contributed by atoms with Gasteiger partial charge in [0.05, 0.1) is 6.61 Å². The Hall–Kier alpha value is -1.06. The molecule has 0 unspecified atom stereocenters. The van der Waals surface area contributed by atoms with E-state index in [1.807, 2.05) is 0 Å². The fourth-order valence-electron chi connectivity index (χ4n) is 1.87. The Morgan fingerprint density at radius 2 is 2.12 bits per heavy atom. The largest absolute Gasteiger partial charge is 0.383 e. The van der Waals surface area contributed by atoms with Gasteiger partial charge in [0.2, 0.25) is 0 Å². The average molecular weight is 236 g/mol. The summed E-state index contributed by atoms with van der Waals surface area (Å²) in [7, 11) is 3.84. The van der Waals surface area contributed by atoms with Gasteiger partial charge < -0.3 is 15.0 Å². The highest BCUT2D eigenvalue weighted by Gasteiger charge is 2.04. The summed E-state index contributed by atoms with van der Waals surface area (Å²) >= 11 is 0. The van der Waals surface area contributed by atoms with Gasteiger partial charge in [-0.1, -0.05) is 19.1 Å². The maximum Gasteiger partial charge on any atom is 0.0637 e. The molecule has 0 saturated heterocycles. The molecule has 3 heteroatoms. The molecule has 1 rings (SSSR count). The summed E-state index contributed by atoms with van der Waals surface area (Å²) in [5.41, 5.74) is 3.94. The standard InChI is InChI=1S/C14H24N2O/c1-5-15-11-13-6-7-14(12(2)10-13)16(3)8-9-17-4/h6-7,10,15H,5,8-9,11H2,1-4H3. The van der Waals surface area contributed by atoms with E-state index in [-0.39, 0.29) is 0 Å². The third kappa shape index (κ3) is 4.36. The number of hydrogen-bond donors (Lipinski definition) is 1. The SMILES string of the molecule is CCNCc1ccc(N(C)CCOC)c(C)c1. The molecule has 3 nitrogen and oxygen atoms in total. The topological polar surface area (TPSA) is 24.5 Å². The number of nitrogens with zero attached hydrogens (tertiary/aromatic N) is 1. The zero-order valence-corrected chi connectivity index (χ0v) is 11.4. The first kappa shape index (κ1) is 14.0. The lowest BCUT2D eigenvalue weighted by atomic mass is 10.1. The van der Waals surface area contributed by atoms with Gasteiger partial charge in [-0.15, -0.1) is 0 Å². The van der Waals surface area contributed by atoms with Crippen molar-refractivity contribution in [2.45, 2.75) is 20.4 Å². The molecule has 17 heavy (non-hydrogen) atoms. The zero-order chi connectivity index (χ0) is 12.7. The van der Waals surface area contributed by atoms with Crippen LogP contribution >= 0.6 is 0 Å². The van der Waals surface area contributed by atoms with Crippen molar-refractivity contribution in [1.29, 1.82) is 0 Å². The fraction of sp³-hybridized carbons (Fsp3) is 0.571. The first-order valence-electron chi connectivity index (χ1n) is 6.19. The van der Waals surface area contributed by atoms with Crippen LogP contribution in [0.5, 0.6) is 0 Å². The molecule has 1 aromatic rings. The second kappa shape index (κ2) is 7.30. The van der Waals surface area contributed by atoms with E-state index in [0.717, 1.165) is 26.2 Å². The molecule has 0 heterocycles. The molecule has 0 radical (unpaired) electrons. The second-order valence-corrected chi connectivity index (χ2v) is 4.32. The highest BCUT2D eigenvalue weighted by molar-refractivity contribution is 5.53. The summed E-state index contributed by atoms with van der Waals surface area (Å²) in [4.78, 5) is 2.23. The van der Waals surface area contributed by atoms with Crippen LogP contribution < -0.4 is 10.2 Å². The minimum Gasteiger partial charge on any atom is -0.383 e. The summed E-state index contributed by atoms with van der Waals surface area (Å²) in [5.74, 6) is 0. The predicted octanol–water partition coefficient (Wildman–Crippen LogP) is 2.19. The summed E-state index contributed by atoms with van der Waals surface area (Å²) in [5, 5.41) is 3.34. The van der Waals surface area contributed by atoms with Crippen molar-refractivity contribution < 1.29 is 4.74 Å². The molecule has 0 bridgehead atoms. The summed E-state index contributed by atoms with van der Waals surface area (Å²) in [6.07, 6.45) is 0. The summed E-state index contributed by atoms with van der Waals surface area (Å²) < 4.78 is 5.10. The Morgan fingerprint density at radius 1 is 1.35 bits per heavy atom. The molecule has 0 spiro atoms. The van der Waals surface area contributed by atoms with E-state index in [4.69, 9.17) is 4.74 Å². The van der Waals surface area contributed by atoms with E-state index in [9.17, 15) is 0 Å². The van der Waals surface area contributed by atoms with Gasteiger partial charge >= 0.3 is 0 Å². The number of benzene rings is 1. The first-order chi connectivity index (χ1) is 8.19. The Labute approximate surface area is 105 Å². The number of ether oxygens (including phenoxy) is 1. The van der Waals surface area contributed by atoms with Crippen molar-refractivity contribution >= 4 is 5.69 Å². The monoisotopic (exact) mass is 236 g/mol. The first-order valence-corrected chi connectivity index (χ1v) is 6.19. The van der Waals surface area contributed by atoms with Gasteiger partial charge in [-0.3, -0.25) is 0 Å². The van der Waals surface area contributed by atoms with Gasteiger partial charge in [0.15, 0.2) is 0 Å². The van der Waals surface area contributed by atoms with E-state index in [0.29, 0.717) is 0 Å². The lowest BCUT2D eigenvalue weighted by Gasteiger charge is -2.21. The van der Waals surface area contributed by atoms with Gasteiger partial charge in [0.1, 0.15) is 0 Å². The van der Waals surface area contributed by atoms with Crippen LogP contribution in [0.25, 0.3) is 0 Å². The number of nitrogens with one attached hydrogen (secondary N) is 1. The average Bonchev–Trinajstić information content (AvgIpc) is 2.33.